The van der Waals surface area contributed by atoms with Crippen LogP contribution < -0.4 is 4.74 Å². The average molecular weight is 407 g/mol. The molecule has 1 fully saturated rings. The molecule has 0 heterocycles. The zero-order valence-corrected chi connectivity index (χ0v) is 18.1. The number of carbonyl (C=O) groups is 1. The fourth-order valence-corrected chi connectivity index (χ4v) is 4.37. The van der Waals surface area contributed by atoms with E-state index >= 15 is 0 Å². The Morgan fingerprint density at radius 2 is 1.57 bits per heavy atom. The van der Waals surface area contributed by atoms with Crippen molar-refractivity contribution in [1.29, 1.82) is 0 Å². The number of hydrogen-bond acceptors (Lipinski definition) is 3. The quantitative estimate of drug-likeness (QED) is 0.219. The van der Waals surface area contributed by atoms with Crippen LogP contribution in [0, 0.1) is 5.92 Å². The zero-order valence-electron chi connectivity index (χ0n) is 18.1. The molecular formula is C27H34O3. The summed E-state index contributed by atoms with van der Waals surface area (Å²) in [4.78, 5) is 11.7. The summed E-state index contributed by atoms with van der Waals surface area (Å²) in [5, 5.41) is 8.95. The Morgan fingerprint density at radius 3 is 2.13 bits per heavy atom. The van der Waals surface area contributed by atoms with Crippen LogP contribution >= 0.6 is 0 Å². The third-order valence-electron chi connectivity index (χ3n) is 6.32. The summed E-state index contributed by atoms with van der Waals surface area (Å²) in [5.41, 5.74) is 3.75. The van der Waals surface area contributed by atoms with E-state index < -0.39 is 12.6 Å². The standard InChI is InChI=1S/C27H34O3/c1-3-4-5-6-21-7-9-22(10-8-21)23-11-13-24(14-12-23)25-15-17-26(18-16-25)30-27(29)20(2)19-28/h11-18,21-22,28H,2-10,19H2,1H3. The van der Waals surface area contributed by atoms with Gasteiger partial charge in [0.15, 0.2) is 0 Å². The van der Waals surface area contributed by atoms with Gasteiger partial charge in [0.1, 0.15) is 5.75 Å². The van der Waals surface area contributed by atoms with Crippen molar-refractivity contribution in [2.24, 2.45) is 5.92 Å². The van der Waals surface area contributed by atoms with E-state index in [1.807, 2.05) is 12.1 Å². The van der Waals surface area contributed by atoms with Crippen LogP contribution in [-0.4, -0.2) is 17.7 Å². The molecule has 0 spiro atoms. The van der Waals surface area contributed by atoms with Gasteiger partial charge in [-0.15, -0.1) is 0 Å². The van der Waals surface area contributed by atoms with Gasteiger partial charge in [0.2, 0.25) is 0 Å². The van der Waals surface area contributed by atoms with Crippen LogP contribution in [0.15, 0.2) is 60.7 Å². The van der Waals surface area contributed by atoms with Gasteiger partial charge in [-0.3, -0.25) is 0 Å². The first-order valence-corrected chi connectivity index (χ1v) is 11.3. The predicted molar refractivity (Wildman–Crippen MR) is 123 cm³/mol. The van der Waals surface area contributed by atoms with Gasteiger partial charge in [-0.05, 0) is 66.3 Å². The van der Waals surface area contributed by atoms with E-state index in [1.54, 1.807) is 12.1 Å². The lowest BCUT2D eigenvalue weighted by molar-refractivity contribution is -0.130. The molecule has 0 aliphatic heterocycles. The number of unbranched alkanes of at least 4 members (excludes halogenated alkanes) is 2. The maximum Gasteiger partial charge on any atom is 0.341 e. The summed E-state index contributed by atoms with van der Waals surface area (Å²) in [6.07, 6.45) is 10.9. The van der Waals surface area contributed by atoms with Gasteiger partial charge >= 0.3 is 5.97 Å². The molecule has 2 aromatic rings. The lowest BCUT2D eigenvalue weighted by Crippen LogP contribution is -2.13. The molecule has 1 N–H and O–H groups in total. The molecule has 2 aromatic carbocycles. The molecule has 160 valence electrons. The topological polar surface area (TPSA) is 46.5 Å². The van der Waals surface area contributed by atoms with Gasteiger partial charge < -0.3 is 9.84 Å². The van der Waals surface area contributed by atoms with E-state index in [-0.39, 0.29) is 5.57 Å². The Bertz CT molecular complexity index is 812. The third kappa shape index (κ3) is 6.06. The molecule has 0 aromatic heterocycles. The molecule has 1 aliphatic rings. The molecule has 30 heavy (non-hydrogen) atoms. The molecule has 0 unspecified atom stereocenters. The number of carbonyl (C=O) groups excluding carboxylic acids is 1. The van der Waals surface area contributed by atoms with Crippen LogP contribution in [0.5, 0.6) is 5.75 Å². The highest BCUT2D eigenvalue weighted by Gasteiger charge is 2.22. The van der Waals surface area contributed by atoms with Crippen molar-refractivity contribution < 1.29 is 14.6 Å². The van der Waals surface area contributed by atoms with Crippen molar-refractivity contribution in [2.45, 2.75) is 64.2 Å². The summed E-state index contributed by atoms with van der Waals surface area (Å²) in [5.74, 6) is 1.48. The van der Waals surface area contributed by atoms with Crippen LogP contribution in [0.1, 0.15) is 69.8 Å². The van der Waals surface area contributed by atoms with Gasteiger partial charge in [-0.1, -0.05) is 75.6 Å². The first-order chi connectivity index (χ1) is 14.6. The molecule has 1 saturated carbocycles. The van der Waals surface area contributed by atoms with Gasteiger partial charge in [-0.25, -0.2) is 4.79 Å². The second-order valence-corrected chi connectivity index (χ2v) is 8.51. The molecular weight excluding hydrogens is 372 g/mol. The van der Waals surface area contributed by atoms with Crippen molar-refractivity contribution in [2.75, 3.05) is 6.61 Å². The minimum atomic E-state index is -0.602. The van der Waals surface area contributed by atoms with Gasteiger partial charge in [0, 0.05) is 0 Å². The number of ether oxygens (including phenoxy) is 1. The fourth-order valence-electron chi connectivity index (χ4n) is 4.37. The van der Waals surface area contributed by atoms with Gasteiger partial charge in [0.05, 0.1) is 12.2 Å². The summed E-state index contributed by atoms with van der Waals surface area (Å²) >= 11 is 0. The molecule has 0 saturated heterocycles. The van der Waals surface area contributed by atoms with Crippen molar-refractivity contribution in [3.8, 4) is 16.9 Å². The molecule has 3 heteroatoms. The van der Waals surface area contributed by atoms with Crippen molar-refractivity contribution in [1.82, 2.24) is 0 Å². The highest BCUT2D eigenvalue weighted by atomic mass is 16.5. The van der Waals surface area contributed by atoms with Crippen LogP contribution in [0.4, 0.5) is 0 Å². The van der Waals surface area contributed by atoms with Crippen molar-refractivity contribution in [3.63, 3.8) is 0 Å². The highest BCUT2D eigenvalue weighted by Crippen LogP contribution is 2.38. The largest absolute Gasteiger partial charge is 0.423 e. The van der Waals surface area contributed by atoms with Crippen LogP contribution in [0.25, 0.3) is 11.1 Å². The van der Waals surface area contributed by atoms with Crippen molar-refractivity contribution in [3.05, 3.63) is 66.2 Å². The van der Waals surface area contributed by atoms with E-state index in [2.05, 4.69) is 37.8 Å². The van der Waals surface area contributed by atoms with E-state index in [0.29, 0.717) is 11.7 Å². The summed E-state index contributed by atoms with van der Waals surface area (Å²) < 4.78 is 5.20. The zero-order chi connectivity index (χ0) is 21.3. The number of aliphatic hydroxyl groups excluding tert-OH is 1. The second kappa shape index (κ2) is 11.1. The Morgan fingerprint density at radius 1 is 0.967 bits per heavy atom. The monoisotopic (exact) mass is 406 g/mol. The number of hydrogen-bond donors (Lipinski definition) is 1. The van der Waals surface area contributed by atoms with Crippen LogP contribution in [-0.2, 0) is 4.79 Å². The molecule has 3 nitrogen and oxygen atoms in total. The molecule has 0 atom stereocenters. The van der Waals surface area contributed by atoms with E-state index in [1.165, 1.54) is 56.9 Å². The maximum atomic E-state index is 11.7. The number of esters is 1. The average Bonchev–Trinajstić information content (AvgIpc) is 2.80. The summed E-state index contributed by atoms with van der Waals surface area (Å²) in [6, 6.07) is 16.4. The van der Waals surface area contributed by atoms with E-state index in [9.17, 15) is 4.79 Å². The lowest BCUT2D eigenvalue weighted by Gasteiger charge is -2.29. The van der Waals surface area contributed by atoms with E-state index in [4.69, 9.17) is 9.84 Å². The smallest absolute Gasteiger partial charge is 0.341 e. The first-order valence-electron chi connectivity index (χ1n) is 11.3. The maximum absolute atomic E-state index is 11.7. The molecule has 1 aliphatic carbocycles. The minimum Gasteiger partial charge on any atom is -0.423 e. The Hall–Kier alpha value is -2.39. The second-order valence-electron chi connectivity index (χ2n) is 8.51. The van der Waals surface area contributed by atoms with Crippen LogP contribution in [0.3, 0.4) is 0 Å². The summed E-state index contributed by atoms with van der Waals surface area (Å²) in [7, 11) is 0. The highest BCUT2D eigenvalue weighted by molar-refractivity contribution is 5.89. The summed E-state index contributed by atoms with van der Waals surface area (Å²) in [6.45, 7) is 5.36. The predicted octanol–water partition coefficient (Wildman–Crippen LogP) is 6.66. The Balaban J connectivity index is 1.54. The van der Waals surface area contributed by atoms with E-state index in [0.717, 1.165) is 17.0 Å². The fraction of sp³-hybridized carbons (Fsp3) is 0.444. The molecule has 3 rings (SSSR count). The number of aliphatic hydroxyl groups is 1. The van der Waals surface area contributed by atoms with Crippen LogP contribution in [0.2, 0.25) is 0 Å². The first kappa shape index (κ1) is 22.3. The van der Waals surface area contributed by atoms with Gasteiger partial charge in [0.25, 0.3) is 0 Å². The Kier molecular flexibility index (Phi) is 8.27. The minimum absolute atomic E-state index is 0.0460. The number of benzene rings is 2. The van der Waals surface area contributed by atoms with Crippen molar-refractivity contribution >= 4 is 5.97 Å². The Labute approximate surface area is 180 Å². The number of rotatable bonds is 9. The third-order valence-corrected chi connectivity index (χ3v) is 6.32. The molecule has 0 radical (unpaired) electrons. The lowest BCUT2D eigenvalue weighted by atomic mass is 9.77. The molecule has 0 amide bonds. The SMILES string of the molecule is C=C(CO)C(=O)Oc1ccc(-c2ccc(C3CCC(CCCCC)CC3)cc2)cc1. The van der Waals surface area contributed by atoms with Gasteiger partial charge in [-0.2, -0.15) is 0 Å². The molecule has 0 bridgehead atoms. The normalized spacial score (nSPS) is 18.7.